The van der Waals surface area contributed by atoms with Gasteiger partial charge in [-0.3, -0.25) is 30.0 Å². The number of carbonyl (C=O) groups excluding carboxylic acids is 4. The van der Waals surface area contributed by atoms with E-state index in [4.69, 9.17) is 0 Å². The lowest BCUT2D eigenvalue weighted by Gasteiger charge is -2.39. The van der Waals surface area contributed by atoms with Crippen LogP contribution in [0.15, 0.2) is 0 Å². The molecule has 10 nitrogen and oxygen atoms in total. The van der Waals surface area contributed by atoms with Crippen LogP contribution >= 0.6 is 0 Å². The molecule has 0 aromatic rings. The Kier molecular flexibility index (Phi) is 6.50. The summed E-state index contributed by atoms with van der Waals surface area (Å²) in [5.74, 6) is -0.650. The quantitative estimate of drug-likeness (QED) is 0.475. The molecule has 156 valence electrons. The molecule has 0 radical (unpaired) electrons. The maximum atomic E-state index is 12.3. The average Bonchev–Trinajstić information content (AvgIpc) is 3.58. The lowest BCUT2D eigenvalue weighted by Crippen LogP contribution is -2.59. The van der Waals surface area contributed by atoms with Crippen molar-refractivity contribution in [2.45, 2.75) is 63.7 Å². The van der Waals surface area contributed by atoms with E-state index in [1.165, 1.54) is 0 Å². The van der Waals surface area contributed by atoms with Crippen LogP contribution in [-0.4, -0.2) is 84.0 Å². The zero-order valence-electron chi connectivity index (χ0n) is 16.5. The SMILES string of the molecule is CC(C(=O)NC(=O)NC1CC1)N1CCN(C(C)C(=O)NC(=O)NC2CC2)CC1. The van der Waals surface area contributed by atoms with Gasteiger partial charge in [0.1, 0.15) is 0 Å². The maximum Gasteiger partial charge on any atom is 0.321 e. The summed E-state index contributed by atoms with van der Waals surface area (Å²) in [7, 11) is 0. The predicted octanol–water partition coefficient (Wildman–Crippen LogP) is -0.643. The summed E-state index contributed by atoms with van der Waals surface area (Å²) in [6.45, 7) is 5.95. The van der Waals surface area contributed by atoms with Crippen molar-refractivity contribution in [3.63, 3.8) is 0 Å². The smallest absolute Gasteiger partial charge is 0.321 e. The van der Waals surface area contributed by atoms with E-state index < -0.39 is 24.1 Å². The number of hydrogen-bond donors (Lipinski definition) is 4. The monoisotopic (exact) mass is 394 g/mol. The first-order valence-corrected chi connectivity index (χ1v) is 10.0. The van der Waals surface area contributed by atoms with Gasteiger partial charge in [0.25, 0.3) is 0 Å². The van der Waals surface area contributed by atoms with E-state index in [0.29, 0.717) is 26.2 Å². The van der Waals surface area contributed by atoms with E-state index in [9.17, 15) is 19.2 Å². The maximum absolute atomic E-state index is 12.3. The van der Waals surface area contributed by atoms with Crippen LogP contribution in [-0.2, 0) is 9.59 Å². The van der Waals surface area contributed by atoms with Gasteiger partial charge in [0.2, 0.25) is 11.8 Å². The summed E-state index contributed by atoms with van der Waals surface area (Å²) in [5, 5.41) is 10.2. The number of rotatable bonds is 6. The predicted molar refractivity (Wildman–Crippen MR) is 101 cm³/mol. The van der Waals surface area contributed by atoms with Gasteiger partial charge in [0.05, 0.1) is 12.1 Å². The highest BCUT2D eigenvalue weighted by Crippen LogP contribution is 2.19. The largest absolute Gasteiger partial charge is 0.335 e. The average molecular weight is 394 g/mol. The van der Waals surface area contributed by atoms with Crippen molar-refractivity contribution in [2.75, 3.05) is 26.2 Å². The zero-order valence-corrected chi connectivity index (χ0v) is 16.5. The first-order chi connectivity index (χ1) is 13.3. The van der Waals surface area contributed by atoms with Crippen LogP contribution < -0.4 is 21.3 Å². The molecule has 10 heteroatoms. The molecule has 1 aliphatic heterocycles. The molecule has 0 spiro atoms. The molecule has 2 aliphatic carbocycles. The Morgan fingerprint density at radius 3 is 1.29 bits per heavy atom. The van der Waals surface area contributed by atoms with Crippen molar-refractivity contribution in [1.82, 2.24) is 31.1 Å². The second kappa shape index (κ2) is 8.87. The highest BCUT2D eigenvalue weighted by atomic mass is 16.2. The minimum Gasteiger partial charge on any atom is -0.335 e. The third-order valence-corrected chi connectivity index (χ3v) is 5.50. The Labute approximate surface area is 164 Å². The summed E-state index contributed by atoms with van der Waals surface area (Å²) >= 11 is 0. The fourth-order valence-electron chi connectivity index (χ4n) is 3.17. The molecular formula is C18H30N6O4. The van der Waals surface area contributed by atoms with Crippen LogP contribution in [0, 0.1) is 0 Å². The van der Waals surface area contributed by atoms with E-state index >= 15 is 0 Å². The molecule has 1 heterocycles. The molecule has 2 unspecified atom stereocenters. The van der Waals surface area contributed by atoms with E-state index in [1.54, 1.807) is 13.8 Å². The number of hydrogen-bond acceptors (Lipinski definition) is 6. The number of amides is 6. The molecule has 6 amide bonds. The summed E-state index contributed by atoms with van der Waals surface area (Å²) in [6, 6.07) is -1.34. The minimum absolute atomic E-state index is 0.200. The van der Waals surface area contributed by atoms with Crippen LogP contribution in [0.25, 0.3) is 0 Å². The molecule has 3 fully saturated rings. The Hall–Kier alpha value is -2.20. The van der Waals surface area contributed by atoms with Gasteiger partial charge >= 0.3 is 12.1 Å². The molecule has 3 rings (SSSR count). The highest BCUT2D eigenvalue weighted by Gasteiger charge is 2.32. The van der Waals surface area contributed by atoms with Gasteiger partial charge in [0.15, 0.2) is 0 Å². The van der Waals surface area contributed by atoms with Gasteiger partial charge in [-0.1, -0.05) is 0 Å². The van der Waals surface area contributed by atoms with Crippen molar-refractivity contribution >= 4 is 23.9 Å². The van der Waals surface area contributed by atoms with Gasteiger partial charge in [-0.25, -0.2) is 9.59 Å². The third kappa shape index (κ3) is 5.90. The second-order valence-electron chi connectivity index (χ2n) is 7.90. The van der Waals surface area contributed by atoms with Gasteiger partial charge in [-0.2, -0.15) is 0 Å². The fraction of sp³-hybridized carbons (Fsp3) is 0.778. The van der Waals surface area contributed by atoms with Gasteiger partial charge in [-0.15, -0.1) is 0 Å². The number of imide groups is 2. The Bertz CT molecular complexity index is 572. The van der Waals surface area contributed by atoms with Crippen molar-refractivity contribution < 1.29 is 19.2 Å². The summed E-state index contributed by atoms with van der Waals surface area (Å²) in [4.78, 5) is 51.9. The highest BCUT2D eigenvalue weighted by molar-refractivity contribution is 5.97. The zero-order chi connectivity index (χ0) is 20.3. The number of urea groups is 2. The number of carbonyl (C=O) groups is 4. The molecule has 4 N–H and O–H groups in total. The normalized spacial score (nSPS) is 22.6. The molecule has 0 aromatic heterocycles. The van der Waals surface area contributed by atoms with E-state index in [0.717, 1.165) is 25.7 Å². The molecule has 2 atom stereocenters. The summed E-state index contributed by atoms with van der Waals surface area (Å²) in [6.07, 6.45) is 3.86. The molecular weight excluding hydrogens is 364 g/mol. The third-order valence-electron chi connectivity index (χ3n) is 5.50. The topological polar surface area (TPSA) is 123 Å². The Morgan fingerprint density at radius 1 is 0.679 bits per heavy atom. The number of nitrogens with one attached hydrogen (secondary N) is 4. The second-order valence-corrected chi connectivity index (χ2v) is 7.90. The first kappa shape index (κ1) is 20.5. The number of nitrogens with zero attached hydrogens (tertiary/aromatic N) is 2. The first-order valence-electron chi connectivity index (χ1n) is 10.0. The van der Waals surface area contributed by atoms with E-state index in [2.05, 4.69) is 21.3 Å². The summed E-state index contributed by atoms with van der Waals surface area (Å²) < 4.78 is 0. The molecule has 3 aliphatic rings. The van der Waals surface area contributed by atoms with Gasteiger partial charge < -0.3 is 10.6 Å². The standard InChI is InChI=1S/C18H30N6O4/c1-11(15(25)21-17(27)19-13-3-4-13)23-7-9-24(10-8-23)12(2)16(26)22-18(28)20-14-5-6-14/h11-14H,3-10H2,1-2H3,(H2,19,21,25,27)(H2,20,22,26,28). The van der Waals surface area contributed by atoms with E-state index in [1.807, 2.05) is 9.80 Å². The molecule has 28 heavy (non-hydrogen) atoms. The van der Waals surface area contributed by atoms with Gasteiger partial charge in [0, 0.05) is 38.3 Å². The van der Waals surface area contributed by atoms with Crippen LogP contribution in [0.3, 0.4) is 0 Å². The van der Waals surface area contributed by atoms with Crippen LogP contribution in [0.1, 0.15) is 39.5 Å². The molecule has 2 saturated carbocycles. The van der Waals surface area contributed by atoms with Crippen molar-refractivity contribution in [2.24, 2.45) is 0 Å². The van der Waals surface area contributed by atoms with E-state index in [-0.39, 0.29) is 23.9 Å². The van der Waals surface area contributed by atoms with Crippen molar-refractivity contribution in [1.29, 1.82) is 0 Å². The molecule has 0 aromatic carbocycles. The van der Waals surface area contributed by atoms with Crippen LogP contribution in [0.2, 0.25) is 0 Å². The van der Waals surface area contributed by atoms with Crippen LogP contribution in [0.4, 0.5) is 9.59 Å². The molecule has 0 bridgehead atoms. The molecule has 1 saturated heterocycles. The number of piperazine rings is 1. The van der Waals surface area contributed by atoms with Crippen molar-refractivity contribution in [3.8, 4) is 0 Å². The minimum atomic E-state index is -0.437. The fourth-order valence-corrected chi connectivity index (χ4v) is 3.17. The summed E-state index contributed by atoms with van der Waals surface area (Å²) in [5.41, 5.74) is 0. The Morgan fingerprint density at radius 2 is 1.00 bits per heavy atom. The van der Waals surface area contributed by atoms with Crippen molar-refractivity contribution in [3.05, 3.63) is 0 Å². The Balaban J connectivity index is 1.38. The lowest BCUT2D eigenvalue weighted by molar-refractivity contribution is -0.128. The van der Waals surface area contributed by atoms with Gasteiger partial charge in [-0.05, 0) is 39.5 Å². The lowest BCUT2D eigenvalue weighted by atomic mass is 10.1. The van der Waals surface area contributed by atoms with Crippen LogP contribution in [0.5, 0.6) is 0 Å².